The lowest BCUT2D eigenvalue weighted by atomic mass is 10.2. The van der Waals surface area contributed by atoms with Gasteiger partial charge < -0.3 is 0 Å². The molecule has 1 fully saturated rings. The minimum atomic E-state index is 0.488. The van der Waals surface area contributed by atoms with E-state index >= 15 is 0 Å². The van der Waals surface area contributed by atoms with Crippen LogP contribution in [-0.2, 0) is 0 Å². The summed E-state index contributed by atoms with van der Waals surface area (Å²) >= 11 is 1.94. The van der Waals surface area contributed by atoms with Gasteiger partial charge in [-0.15, -0.1) is 10.2 Å². The van der Waals surface area contributed by atoms with Gasteiger partial charge in [-0.1, -0.05) is 11.6 Å². The summed E-state index contributed by atoms with van der Waals surface area (Å²) in [5.41, 5.74) is 0. The lowest BCUT2D eigenvalue weighted by molar-refractivity contribution is 0.663. The molecule has 0 aliphatic carbocycles. The lowest BCUT2D eigenvalue weighted by Gasteiger charge is -2.17. The Morgan fingerprint density at radius 3 is 3.09 bits per heavy atom. The molecule has 1 N–H and O–H groups in total. The molecule has 11 heavy (non-hydrogen) atoms. The molecule has 0 aromatic carbocycles. The van der Waals surface area contributed by atoms with Crippen LogP contribution < -0.4 is 0 Å². The average molecular weight is 170 g/mol. The van der Waals surface area contributed by atoms with Gasteiger partial charge in [-0.3, -0.25) is 0 Å². The number of thioether (sulfide) groups is 1. The number of hydrogen-bond donors (Lipinski definition) is 1. The van der Waals surface area contributed by atoms with Gasteiger partial charge in [0.15, 0.2) is 5.82 Å². The van der Waals surface area contributed by atoms with Gasteiger partial charge in [0, 0.05) is 0 Å². The number of nitrogens with zero attached hydrogens (tertiary/aromatic N) is 3. The average Bonchev–Trinajstić information content (AvgIpc) is 2.58. The predicted molar refractivity (Wildman–Crippen MR) is 43.2 cm³/mol. The first-order chi connectivity index (χ1) is 5.47. The van der Waals surface area contributed by atoms with Crippen molar-refractivity contribution in [3.63, 3.8) is 0 Å². The molecule has 5 heteroatoms. The summed E-state index contributed by atoms with van der Waals surface area (Å²) in [6, 6.07) is 0. The van der Waals surface area contributed by atoms with E-state index in [4.69, 9.17) is 0 Å². The highest BCUT2D eigenvalue weighted by Gasteiger charge is 2.19. The van der Waals surface area contributed by atoms with Crippen molar-refractivity contribution in [1.82, 2.24) is 20.6 Å². The van der Waals surface area contributed by atoms with Crippen molar-refractivity contribution in [2.75, 3.05) is 5.75 Å². The Hall–Kier alpha value is -0.580. The van der Waals surface area contributed by atoms with E-state index < -0.39 is 0 Å². The third-order valence-electron chi connectivity index (χ3n) is 1.83. The topological polar surface area (TPSA) is 54.5 Å². The van der Waals surface area contributed by atoms with Crippen molar-refractivity contribution in [3.05, 3.63) is 5.82 Å². The molecule has 4 nitrogen and oxygen atoms in total. The molecule has 1 aliphatic rings. The number of aromatic amines is 1. The summed E-state index contributed by atoms with van der Waals surface area (Å²) < 4.78 is 0. The number of hydrogen-bond acceptors (Lipinski definition) is 4. The maximum atomic E-state index is 3.97. The van der Waals surface area contributed by atoms with Crippen molar-refractivity contribution in [2.24, 2.45) is 0 Å². The zero-order valence-corrected chi connectivity index (χ0v) is 6.97. The van der Waals surface area contributed by atoms with Crippen molar-refractivity contribution in [1.29, 1.82) is 0 Å². The van der Waals surface area contributed by atoms with E-state index in [1.54, 1.807) is 0 Å². The Morgan fingerprint density at radius 2 is 2.45 bits per heavy atom. The molecule has 1 atom stereocenters. The Bertz CT molecular complexity index is 204. The zero-order chi connectivity index (χ0) is 7.52. The van der Waals surface area contributed by atoms with Crippen LogP contribution in [0.5, 0.6) is 0 Å². The minimum absolute atomic E-state index is 0.488. The minimum Gasteiger partial charge on any atom is -0.177 e. The van der Waals surface area contributed by atoms with Crippen LogP contribution in [-0.4, -0.2) is 26.4 Å². The van der Waals surface area contributed by atoms with Gasteiger partial charge in [0.2, 0.25) is 0 Å². The highest BCUT2D eigenvalue weighted by atomic mass is 32.2. The zero-order valence-electron chi connectivity index (χ0n) is 6.16. The standard InChI is InChI=1S/C6H10N4S/c1-2-4-11-5(3-1)6-7-9-10-8-6/h5H,1-4H2,(H,7,8,9,10)/t5-/m0/s1. The molecule has 1 saturated heterocycles. The highest BCUT2D eigenvalue weighted by molar-refractivity contribution is 7.99. The number of tetrazole rings is 1. The van der Waals surface area contributed by atoms with Gasteiger partial charge in [-0.05, 0) is 18.6 Å². The van der Waals surface area contributed by atoms with E-state index in [-0.39, 0.29) is 0 Å². The van der Waals surface area contributed by atoms with Crippen LogP contribution in [0.15, 0.2) is 0 Å². The Balaban J connectivity index is 2.04. The van der Waals surface area contributed by atoms with Gasteiger partial charge in [-0.2, -0.15) is 17.0 Å². The van der Waals surface area contributed by atoms with E-state index in [0.29, 0.717) is 5.25 Å². The summed E-state index contributed by atoms with van der Waals surface area (Å²) in [5.74, 6) is 2.11. The maximum absolute atomic E-state index is 3.97. The SMILES string of the molecule is C1CC[C@@H](c2nn[nH]n2)SC1. The molecule has 60 valence electrons. The van der Waals surface area contributed by atoms with Crippen molar-refractivity contribution < 1.29 is 0 Å². The number of aromatic nitrogens is 4. The second-order valence-electron chi connectivity index (χ2n) is 2.63. The third-order valence-corrected chi connectivity index (χ3v) is 3.20. The summed E-state index contributed by atoms with van der Waals surface area (Å²) in [6.45, 7) is 0. The molecule has 0 saturated carbocycles. The van der Waals surface area contributed by atoms with Crippen molar-refractivity contribution in [2.45, 2.75) is 24.5 Å². The first-order valence-electron chi connectivity index (χ1n) is 3.82. The Morgan fingerprint density at radius 1 is 1.45 bits per heavy atom. The fourth-order valence-corrected chi connectivity index (χ4v) is 2.49. The molecule has 2 rings (SSSR count). The fourth-order valence-electron chi connectivity index (χ4n) is 1.25. The molecule has 1 aromatic rings. The lowest BCUT2D eigenvalue weighted by Crippen LogP contribution is -2.03. The second kappa shape index (κ2) is 3.21. The number of H-pyrrole nitrogens is 1. The summed E-state index contributed by atoms with van der Waals surface area (Å²) in [4.78, 5) is 0. The molecular formula is C6H10N4S. The van der Waals surface area contributed by atoms with Crippen LogP contribution in [0.2, 0.25) is 0 Å². The Labute approximate surface area is 69.1 Å². The summed E-state index contributed by atoms with van der Waals surface area (Å²) in [6.07, 6.45) is 3.83. The largest absolute Gasteiger partial charge is 0.187 e. The van der Waals surface area contributed by atoms with E-state index in [1.807, 2.05) is 11.8 Å². The fraction of sp³-hybridized carbons (Fsp3) is 0.833. The first-order valence-corrected chi connectivity index (χ1v) is 4.86. The smallest absolute Gasteiger partial charge is 0.177 e. The Kier molecular flexibility index (Phi) is 2.07. The second-order valence-corrected chi connectivity index (χ2v) is 3.94. The van der Waals surface area contributed by atoms with Crippen LogP contribution in [0.4, 0.5) is 0 Å². The summed E-state index contributed by atoms with van der Waals surface area (Å²) in [7, 11) is 0. The molecule has 0 radical (unpaired) electrons. The van der Waals surface area contributed by atoms with Crippen LogP contribution in [0.1, 0.15) is 30.3 Å². The van der Waals surface area contributed by atoms with Gasteiger partial charge in [0.25, 0.3) is 0 Å². The van der Waals surface area contributed by atoms with Crippen molar-refractivity contribution >= 4 is 11.8 Å². The van der Waals surface area contributed by atoms with E-state index in [1.165, 1.54) is 25.0 Å². The monoisotopic (exact) mass is 170 g/mol. The van der Waals surface area contributed by atoms with Gasteiger partial charge in [0.05, 0.1) is 5.25 Å². The molecular weight excluding hydrogens is 160 g/mol. The highest BCUT2D eigenvalue weighted by Crippen LogP contribution is 2.35. The quantitative estimate of drug-likeness (QED) is 0.687. The molecule has 1 aliphatic heterocycles. The third kappa shape index (κ3) is 1.53. The van der Waals surface area contributed by atoms with Gasteiger partial charge in [-0.25, -0.2) is 0 Å². The first kappa shape index (κ1) is 7.09. The van der Waals surface area contributed by atoms with Gasteiger partial charge in [0.1, 0.15) is 0 Å². The van der Waals surface area contributed by atoms with E-state index in [9.17, 15) is 0 Å². The van der Waals surface area contributed by atoms with Crippen LogP contribution in [0, 0.1) is 0 Å². The van der Waals surface area contributed by atoms with E-state index in [0.717, 1.165) is 5.82 Å². The van der Waals surface area contributed by atoms with E-state index in [2.05, 4.69) is 20.6 Å². The molecule has 0 spiro atoms. The number of rotatable bonds is 1. The molecule has 1 aromatic heterocycles. The van der Waals surface area contributed by atoms with Crippen LogP contribution >= 0.6 is 11.8 Å². The van der Waals surface area contributed by atoms with Crippen LogP contribution in [0.25, 0.3) is 0 Å². The maximum Gasteiger partial charge on any atom is 0.187 e. The van der Waals surface area contributed by atoms with Crippen molar-refractivity contribution in [3.8, 4) is 0 Å². The molecule has 0 unspecified atom stereocenters. The number of nitrogens with one attached hydrogen (secondary N) is 1. The molecule has 2 heterocycles. The van der Waals surface area contributed by atoms with Crippen LogP contribution in [0.3, 0.4) is 0 Å². The molecule has 0 bridgehead atoms. The summed E-state index contributed by atoms with van der Waals surface area (Å²) in [5, 5.41) is 14.5. The normalized spacial score (nSPS) is 25.3. The predicted octanol–water partition coefficient (Wildman–Crippen LogP) is 1.16. The molecule has 0 amide bonds. The van der Waals surface area contributed by atoms with Gasteiger partial charge >= 0.3 is 0 Å².